The van der Waals surface area contributed by atoms with Gasteiger partial charge in [0.2, 0.25) is 0 Å². The van der Waals surface area contributed by atoms with Crippen molar-refractivity contribution in [3.63, 3.8) is 0 Å². The number of ketones is 1. The fraction of sp³-hybridized carbons (Fsp3) is 0.531. The van der Waals surface area contributed by atoms with E-state index in [1.165, 1.54) is 48.8 Å². The molecule has 184 valence electrons. The normalized spacial score (nSPS) is 19.0. The zero-order valence-electron chi connectivity index (χ0n) is 21.8. The zero-order chi connectivity index (χ0) is 24.4. The standard InChI is InChI=1S/C32H44O2/c1-5-7-9-13-22-32(3,4)26-20-21-29(27-18-14-19-30(33)28(27)17-8-6-2)31(23-26)34-24-25-15-11-10-12-16-25/h6,8,10-12,15-16,20-21,23,27-28H,5,7,9,13-14,17-19,22,24H2,1-4H3/b8-6+/t27-,28+/m0/s1. The number of allylic oxidation sites excluding steroid dienone is 2. The molecule has 1 fully saturated rings. The maximum Gasteiger partial charge on any atom is 0.136 e. The molecule has 2 aromatic carbocycles. The fourth-order valence-electron chi connectivity index (χ4n) is 5.32. The molecule has 2 aromatic rings. The summed E-state index contributed by atoms with van der Waals surface area (Å²) in [7, 11) is 0. The molecular weight excluding hydrogens is 416 g/mol. The van der Waals surface area contributed by atoms with Crippen LogP contribution in [0.3, 0.4) is 0 Å². The van der Waals surface area contributed by atoms with Crippen molar-refractivity contribution in [1.82, 2.24) is 0 Å². The lowest BCUT2D eigenvalue weighted by molar-refractivity contribution is -0.125. The molecule has 1 aliphatic rings. The second kappa shape index (κ2) is 12.9. The van der Waals surface area contributed by atoms with Gasteiger partial charge in [0, 0.05) is 12.3 Å². The van der Waals surface area contributed by atoms with Gasteiger partial charge in [0.1, 0.15) is 18.1 Å². The van der Waals surface area contributed by atoms with Gasteiger partial charge in [-0.2, -0.15) is 0 Å². The van der Waals surface area contributed by atoms with Crippen molar-refractivity contribution >= 4 is 5.78 Å². The minimum Gasteiger partial charge on any atom is -0.489 e. The molecule has 1 saturated carbocycles. The molecule has 0 amide bonds. The van der Waals surface area contributed by atoms with E-state index in [0.29, 0.717) is 18.8 Å². The van der Waals surface area contributed by atoms with Crippen LogP contribution in [0.15, 0.2) is 60.7 Å². The van der Waals surface area contributed by atoms with Crippen molar-refractivity contribution in [3.05, 3.63) is 77.4 Å². The predicted molar refractivity (Wildman–Crippen MR) is 144 cm³/mol. The van der Waals surface area contributed by atoms with Gasteiger partial charge in [-0.05, 0) is 66.7 Å². The predicted octanol–water partition coefficient (Wildman–Crippen LogP) is 8.93. The van der Waals surface area contributed by atoms with Gasteiger partial charge in [-0.25, -0.2) is 0 Å². The van der Waals surface area contributed by atoms with Gasteiger partial charge in [0.05, 0.1) is 0 Å². The van der Waals surface area contributed by atoms with Gasteiger partial charge in [-0.15, -0.1) is 0 Å². The van der Waals surface area contributed by atoms with Gasteiger partial charge in [0.15, 0.2) is 0 Å². The Morgan fingerprint density at radius 3 is 2.59 bits per heavy atom. The summed E-state index contributed by atoms with van der Waals surface area (Å²) in [6.45, 7) is 9.56. The minimum absolute atomic E-state index is 0.0527. The summed E-state index contributed by atoms with van der Waals surface area (Å²) in [4.78, 5) is 12.9. The second-order valence-electron chi connectivity index (χ2n) is 10.6. The summed E-state index contributed by atoms with van der Waals surface area (Å²) in [5.74, 6) is 1.65. The van der Waals surface area contributed by atoms with E-state index >= 15 is 0 Å². The number of benzene rings is 2. The van der Waals surface area contributed by atoms with Crippen LogP contribution in [0.25, 0.3) is 0 Å². The molecule has 2 heteroatoms. The first kappa shape index (κ1) is 26.3. The maximum absolute atomic E-state index is 12.9. The summed E-state index contributed by atoms with van der Waals surface area (Å²) in [5, 5.41) is 0. The van der Waals surface area contributed by atoms with Gasteiger partial charge in [-0.3, -0.25) is 4.79 Å². The van der Waals surface area contributed by atoms with E-state index in [9.17, 15) is 4.79 Å². The smallest absolute Gasteiger partial charge is 0.136 e. The van der Waals surface area contributed by atoms with Crippen LogP contribution in [-0.4, -0.2) is 5.78 Å². The topological polar surface area (TPSA) is 26.3 Å². The Morgan fingerprint density at radius 2 is 1.85 bits per heavy atom. The lowest BCUT2D eigenvalue weighted by Gasteiger charge is -2.33. The molecule has 0 spiro atoms. The molecule has 2 nitrogen and oxygen atoms in total. The highest BCUT2D eigenvalue weighted by atomic mass is 16.5. The summed E-state index contributed by atoms with van der Waals surface area (Å²) in [5.41, 5.74) is 3.82. The molecule has 34 heavy (non-hydrogen) atoms. The minimum atomic E-state index is 0.0527. The van der Waals surface area contributed by atoms with Crippen molar-refractivity contribution in [1.29, 1.82) is 0 Å². The number of hydrogen-bond acceptors (Lipinski definition) is 2. The molecule has 2 atom stereocenters. The monoisotopic (exact) mass is 460 g/mol. The Hall–Kier alpha value is -2.35. The van der Waals surface area contributed by atoms with E-state index in [0.717, 1.165) is 25.0 Å². The number of carbonyl (C=O) groups excluding carboxylic acids is 1. The average molecular weight is 461 g/mol. The Bertz CT molecular complexity index is 925. The van der Waals surface area contributed by atoms with Crippen LogP contribution >= 0.6 is 0 Å². The Labute approximate surface area is 207 Å². The number of Topliss-reactive ketones (excluding diaryl/α,β-unsaturated/α-hetero) is 1. The maximum atomic E-state index is 12.9. The van der Waals surface area contributed by atoms with Gasteiger partial charge < -0.3 is 4.74 Å². The molecule has 0 saturated heterocycles. The number of unbranched alkanes of at least 4 members (excludes halogenated alkanes) is 3. The quantitative estimate of drug-likeness (QED) is 0.233. The first-order chi connectivity index (χ1) is 16.5. The van der Waals surface area contributed by atoms with Gasteiger partial charge in [-0.1, -0.05) is 101 Å². The first-order valence-corrected chi connectivity index (χ1v) is 13.4. The Morgan fingerprint density at radius 1 is 1.06 bits per heavy atom. The summed E-state index contributed by atoms with van der Waals surface area (Å²) < 4.78 is 6.51. The van der Waals surface area contributed by atoms with Crippen LogP contribution < -0.4 is 4.74 Å². The number of rotatable bonds is 12. The zero-order valence-corrected chi connectivity index (χ0v) is 21.8. The van der Waals surface area contributed by atoms with E-state index in [1.54, 1.807) is 0 Å². The van der Waals surface area contributed by atoms with E-state index in [1.807, 2.05) is 13.0 Å². The SMILES string of the molecule is C/C=C/C[C@H]1C(=O)CCC[C@@H]1c1ccc(C(C)(C)CCCCCC)cc1OCc1ccccc1. The third-order valence-electron chi connectivity index (χ3n) is 7.55. The fourth-order valence-corrected chi connectivity index (χ4v) is 5.32. The van der Waals surface area contributed by atoms with Gasteiger partial charge in [0.25, 0.3) is 0 Å². The van der Waals surface area contributed by atoms with E-state index in [-0.39, 0.29) is 17.3 Å². The van der Waals surface area contributed by atoms with Crippen molar-refractivity contribution in [2.45, 2.75) is 103 Å². The molecule has 0 N–H and O–H groups in total. The average Bonchev–Trinajstić information content (AvgIpc) is 2.85. The third kappa shape index (κ3) is 7.08. The van der Waals surface area contributed by atoms with E-state index in [2.05, 4.69) is 75.4 Å². The second-order valence-corrected chi connectivity index (χ2v) is 10.6. The van der Waals surface area contributed by atoms with Crippen molar-refractivity contribution in [2.75, 3.05) is 0 Å². The van der Waals surface area contributed by atoms with Crippen molar-refractivity contribution in [3.8, 4) is 5.75 Å². The van der Waals surface area contributed by atoms with E-state index < -0.39 is 0 Å². The molecule has 3 rings (SSSR count). The molecule has 0 heterocycles. The van der Waals surface area contributed by atoms with Crippen LogP contribution in [0.5, 0.6) is 5.75 Å². The largest absolute Gasteiger partial charge is 0.489 e. The number of ether oxygens (including phenoxy) is 1. The van der Waals surface area contributed by atoms with E-state index in [4.69, 9.17) is 4.74 Å². The first-order valence-electron chi connectivity index (χ1n) is 13.4. The van der Waals surface area contributed by atoms with Crippen LogP contribution in [0, 0.1) is 5.92 Å². The lowest BCUT2D eigenvalue weighted by Crippen LogP contribution is -2.27. The Balaban J connectivity index is 1.91. The summed E-state index contributed by atoms with van der Waals surface area (Å²) in [6.07, 6.45) is 14.1. The third-order valence-corrected chi connectivity index (χ3v) is 7.55. The van der Waals surface area contributed by atoms with Gasteiger partial charge >= 0.3 is 0 Å². The van der Waals surface area contributed by atoms with Crippen molar-refractivity contribution in [2.24, 2.45) is 5.92 Å². The number of hydrogen-bond donors (Lipinski definition) is 0. The number of carbonyl (C=O) groups is 1. The van der Waals surface area contributed by atoms with Crippen LogP contribution in [0.2, 0.25) is 0 Å². The molecule has 1 aliphatic carbocycles. The molecular formula is C32H44O2. The molecule has 0 unspecified atom stereocenters. The lowest BCUT2D eigenvalue weighted by atomic mass is 9.72. The highest BCUT2D eigenvalue weighted by molar-refractivity contribution is 5.83. The summed E-state index contributed by atoms with van der Waals surface area (Å²) >= 11 is 0. The van der Waals surface area contributed by atoms with Crippen molar-refractivity contribution < 1.29 is 9.53 Å². The molecule has 0 aliphatic heterocycles. The highest BCUT2D eigenvalue weighted by Gasteiger charge is 2.34. The van der Waals surface area contributed by atoms with Crippen LogP contribution in [0.1, 0.15) is 108 Å². The molecule has 0 aromatic heterocycles. The summed E-state index contributed by atoms with van der Waals surface area (Å²) in [6, 6.07) is 17.2. The van der Waals surface area contributed by atoms with Crippen LogP contribution in [0.4, 0.5) is 0 Å². The molecule has 0 bridgehead atoms. The Kier molecular flexibility index (Phi) is 9.99. The molecule has 0 radical (unpaired) electrons. The van der Waals surface area contributed by atoms with Crippen LogP contribution in [-0.2, 0) is 16.8 Å². The highest BCUT2D eigenvalue weighted by Crippen LogP contribution is 2.43.